The summed E-state index contributed by atoms with van der Waals surface area (Å²) < 4.78 is 13.1. The van der Waals surface area contributed by atoms with E-state index in [-0.39, 0.29) is 24.1 Å². The molecule has 148 valence electrons. The van der Waals surface area contributed by atoms with E-state index in [0.717, 1.165) is 4.70 Å². The number of carbonyl (C=O) groups excluding carboxylic acids is 2. The molecular formula is C19H22N4O4S. The van der Waals surface area contributed by atoms with E-state index in [4.69, 9.17) is 9.47 Å². The molecule has 3 aromatic rings. The molecule has 0 radical (unpaired) electrons. The number of rotatable bonds is 8. The molecule has 1 N–H and O–H groups in total. The Bertz CT molecular complexity index is 952. The van der Waals surface area contributed by atoms with Crippen LogP contribution >= 0.6 is 11.3 Å². The second-order valence-corrected chi connectivity index (χ2v) is 7.69. The number of imidazole rings is 1. The number of aromatic nitrogens is 3. The predicted molar refractivity (Wildman–Crippen MR) is 105 cm³/mol. The van der Waals surface area contributed by atoms with Crippen molar-refractivity contribution in [2.75, 3.05) is 13.7 Å². The number of hydrogen-bond acceptors (Lipinski definition) is 7. The molecule has 1 aromatic carbocycles. The highest BCUT2D eigenvalue weighted by atomic mass is 32.1. The van der Waals surface area contributed by atoms with E-state index in [1.54, 1.807) is 42.5 Å². The number of nitrogens with zero attached hydrogens (tertiary/aromatic N) is 3. The molecule has 0 aliphatic rings. The summed E-state index contributed by atoms with van der Waals surface area (Å²) in [6, 6.07) is 4.56. The van der Waals surface area contributed by atoms with Crippen LogP contribution in [0.1, 0.15) is 23.6 Å². The van der Waals surface area contributed by atoms with Crippen LogP contribution in [0.2, 0.25) is 0 Å². The number of carbonyl (C=O) groups is 2. The van der Waals surface area contributed by atoms with Gasteiger partial charge >= 0.3 is 5.97 Å². The average Bonchev–Trinajstić information content (AvgIpc) is 3.34. The second-order valence-electron chi connectivity index (χ2n) is 6.66. The molecule has 28 heavy (non-hydrogen) atoms. The van der Waals surface area contributed by atoms with Crippen molar-refractivity contribution in [3.05, 3.63) is 41.9 Å². The second kappa shape index (κ2) is 8.83. The van der Waals surface area contributed by atoms with E-state index < -0.39 is 17.9 Å². The molecule has 8 nitrogen and oxygen atoms in total. The van der Waals surface area contributed by atoms with Gasteiger partial charge in [0.15, 0.2) is 5.01 Å². The third-order valence-electron chi connectivity index (χ3n) is 3.89. The van der Waals surface area contributed by atoms with Crippen LogP contribution in [0.15, 0.2) is 36.9 Å². The summed E-state index contributed by atoms with van der Waals surface area (Å²) in [4.78, 5) is 33.5. The summed E-state index contributed by atoms with van der Waals surface area (Å²) in [5.41, 5.74) is 0.699. The van der Waals surface area contributed by atoms with Gasteiger partial charge in [-0.3, -0.25) is 4.79 Å². The highest BCUT2D eigenvalue weighted by Crippen LogP contribution is 2.26. The molecule has 3 rings (SSSR count). The van der Waals surface area contributed by atoms with E-state index in [1.165, 1.54) is 11.3 Å². The molecule has 1 amide bonds. The van der Waals surface area contributed by atoms with Gasteiger partial charge in [-0.2, -0.15) is 0 Å². The summed E-state index contributed by atoms with van der Waals surface area (Å²) in [5.74, 6) is -0.0172. The van der Waals surface area contributed by atoms with Crippen LogP contribution in [0.5, 0.6) is 5.75 Å². The molecule has 0 aliphatic heterocycles. The van der Waals surface area contributed by atoms with Crippen molar-refractivity contribution in [3.8, 4) is 5.75 Å². The lowest BCUT2D eigenvalue weighted by Crippen LogP contribution is -2.44. The Hall–Kier alpha value is -2.94. The minimum Gasteiger partial charge on any atom is -0.497 e. The lowest BCUT2D eigenvalue weighted by molar-refractivity contribution is -0.147. The minimum atomic E-state index is -0.845. The molecule has 1 atom stereocenters. The first-order valence-corrected chi connectivity index (χ1v) is 9.65. The maximum Gasteiger partial charge on any atom is 0.330 e. The first kappa shape index (κ1) is 19.8. The Morgan fingerprint density at radius 1 is 1.32 bits per heavy atom. The first-order chi connectivity index (χ1) is 13.5. The summed E-state index contributed by atoms with van der Waals surface area (Å²) in [7, 11) is 1.58. The topological polar surface area (TPSA) is 95.3 Å². The third-order valence-corrected chi connectivity index (χ3v) is 4.91. The highest BCUT2D eigenvalue weighted by molar-refractivity contribution is 7.20. The lowest BCUT2D eigenvalue weighted by atomic mass is 10.2. The Kier molecular flexibility index (Phi) is 6.25. The molecule has 2 aromatic heterocycles. The maximum atomic E-state index is 12.7. The summed E-state index contributed by atoms with van der Waals surface area (Å²) >= 11 is 1.24. The summed E-state index contributed by atoms with van der Waals surface area (Å²) in [5, 5.41) is 3.01. The lowest BCUT2D eigenvalue weighted by Gasteiger charge is -2.18. The Morgan fingerprint density at radius 2 is 2.14 bits per heavy atom. The number of nitrogens with one attached hydrogen (secondary N) is 1. The van der Waals surface area contributed by atoms with Gasteiger partial charge in [-0.1, -0.05) is 13.8 Å². The van der Waals surface area contributed by atoms with Crippen molar-refractivity contribution in [1.82, 2.24) is 19.9 Å². The van der Waals surface area contributed by atoms with Crippen LogP contribution in [0.3, 0.4) is 0 Å². The van der Waals surface area contributed by atoms with Crippen LogP contribution in [-0.2, 0) is 16.1 Å². The zero-order valence-corrected chi connectivity index (χ0v) is 16.7. The first-order valence-electron chi connectivity index (χ1n) is 8.84. The van der Waals surface area contributed by atoms with Crippen molar-refractivity contribution < 1.29 is 19.1 Å². The largest absolute Gasteiger partial charge is 0.497 e. The van der Waals surface area contributed by atoms with Gasteiger partial charge in [0.05, 0.1) is 36.8 Å². The molecule has 0 fully saturated rings. The van der Waals surface area contributed by atoms with E-state index in [1.807, 2.05) is 19.9 Å². The zero-order valence-electron chi connectivity index (χ0n) is 15.9. The molecule has 0 bridgehead atoms. The smallest absolute Gasteiger partial charge is 0.330 e. The fourth-order valence-electron chi connectivity index (χ4n) is 2.48. The van der Waals surface area contributed by atoms with E-state index in [0.29, 0.717) is 11.3 Å². The minimum absolute atomic E-state index is 0.202. The van der Waals surface area contributed by atoms with Crippen molar-refractivity contribution in [2.45, 2.75) is 26.4 Å². The van der Waals surface area contributed by atoms with Crippen LogP contribution in [0.25, 0.3) is 10.2 Å². The van der Waals surface area contributed by atoms with Gasteiger partial charge in [0, 0.05) is 12.4 Å². The van der Waals surface area contributed by atoms with Crippen LogP contribution in [0.4, 0.5) is 0 Å². The van der Waals surface area contributed by atoms with Crippen LogP contribution in [-0.4, -0.2) is 46.2 Å². The van der Waals surface area contributed by atoms with Gasteiger partial charge < -0.3 is 19.4 Å². The normalized spacial score (nSPS) is 12.1. The number of benzene rings is 1. The highest BCUT2D eigenvalue weighted by Gasteiger charge is 2.25. The fourth-order valence-corrected chi connectivity index (χ4v) is 3.38. The predicted octanol–water partition coefficient (Wildman–Crippen LogP) is 2.50. The number of fused-ring (bicyclic) bond motifs is 1. The van der Waals surface area contributed by atoms with E-state index in [9.17, 15) is 9.59 Å². The van der Waals surface area contributed by atoms with Gasteiger partial charge in [-0.15, -0.1) is 11.3 Å². The SMILES string of the molecule is COc1ccc2nc(C(=O)N[C@@H](Cn3ccnc3)C(=O)OCC(C)C)sc2c1. The fraction of sp³-hybridized carbons (Fsp3) is 0.368. The van der Waals surface area contributed by atoms with Crippen molar-refractivity contribution in [1.29, 1.82) is 0 Å². The molecule has 9 heteroatoms. The molecule has 2 heterocycles. The third kappa shape index (κ3) is 4.86. The Labute approximate surface area is 166 Å². The molecular weight excluding hydrogens is 380 g/mol. The van der Waals surface area contributed by atoms with Crippen molar-refractivity contribution >= 4 is 33.4 Å². The van der Waals surface area contributed by atoms with E-state index >= 15 is 0 Å². The van der Waals surface area contributed by atoms with E-state index in [2.05, 4.69) is 15.3 Å². The number of thiazole rings is 1. The quantitative estimate of drug-likeness (QED) is 0.582. The molecule has 0 aliphatic carbocycles. The number of esters is 1. The maximum absolute atomic E-state index is 12.7. The molecule has 0 saturated heterocycles. The van der Waals surface area contributed by atoms with Gasteiger partial charge in [0.2, 0.25) is 0 Å². The molecule has 0 saturated carbocycles. The van der Waals surface area contributed by atoms with Gasteiger partial charge in [-0.25, -0.2) is 14.8 Å². The molecule has 0 spiro atoms. The van der Waals surface area contributed by atoms with Crippen molar-refractivity contribution in [2.24, 2.45) is 5.92 Å². The average molecular weight is 402 g/mol. The van der Waals surface area contributed by atoms with Crippen LogP contribution in [0, 0.1) is 5.92 Å². The van der Waals surface area contributed by atoms with Crippen molar-refractivity contribution in [3.63, 3.8) is 0 Å². The standard InChI is InChI=1S/C19H22N4O4S/c1-12(2)10-27-19(25)15(9-23-7-6-20-11-23)21-17(24)18-22-14-5-4-13(26-3)8-16(14)28-18/h4-8,11-12,15H,9-10H2,1-3H3,(H,21,24)/t15-/m0/s1. The van der Waals surface area contributed by atoms with Gasteiger partial charge in [0.1, 0.15) is 11.8 Å². The number of amides is 1. The zero-order chi connectivity index (χ0) is 20.1. The van der Waals surface area contributed by atoms with Gasteiger partial charge in [-0.05, 0) is 24.1 Å². The monoisotopic (exact) mass is 402 g/mol. The van der Waals surface area contributed by atoms with Gasteiger partial charge in [0.25, 0.3) is 5.91 Å². The Morgan fingerprint density at radius 3 is 2.82 bits per heavy atom. The number of methoxy groups -OCH3 is 1. The summed E-state index contributed by atoms with van der Waals surface area (Å²) in [6.45, 7) is 4.41. The molecule has 0 unspecified atom stereocenters. The Balaban J connectivity index is 1.76. The summed E-state index contributed by atoms with van der Waals surface area (Å²) in [6.07, 6.45) is 4.91. The number of hydrogen-bond donors (Lipinski definition) is 1. The number of ether oxygens (including phenoxy) is 2. The van der Waals surface area contributed by atoms with Crippen LogP contribution < -0.4 is 10.1 Å².